The number of benzene rings is 2. The Hall–Kier alpha value is -3.08. The number of carbonyl (C=O) groups is 2. The summed E-state index contributed by atoms with van der Waals surface area (Å²) in [4.78, 5) is 27.6. The van der Waals surface area contributed by atoms with Crippen molar-refractivity contribution in [1.82, 2.24) is 4.90 Å². The minimum absolute atomic E-state index is 0.0871. The van der Waals surface area contributed by atoms with Gasteiger partial charge in [-0.25, -0.2) is 0 Å². The van der Waals surface area contributed by atoms with Crippen LogP contribution in [0.2, 0.25) is 0 Å². The van der Waals surface area contributed by atoms with Crippen LogP contribution in [0.15, 0.2) is 48.0 Å². The van der Waals surface area contributed by atoms with E-state index in [9.17, 15) is 14.7 Å². The Kier molecular flexibility index (Phi) is 5.86. The number of carbonyl (C=O) groups excluding carboxylic acids is 2. The molecule has 0 aromatic heterocycles. The number of amides is 1. The SMILES string of the molecule is CCCCN1C(=O)C(=O)/C(=C(\O)c2ccc3c(c2)CC(C)O3)C1c1ccc(CC)cc1. The lowest BCUT2D eigenvalue weighted by molar-refractivity contribution is -0.139. The summed E-state index contributed by atoms with van der Waals surface area (Å²) in [6.45, 7) is 6.61. The zero-order chi connectivity index (χ0) is 22.1. The van der Waals surface area contributed by atoms with Crippen LogP contribution >= 0.6 is 0 Å². The predicted molar refractivity (Wildman–Crippen MR) is 120 cm³/mol. The van der Waals surface area contributed by atoms with Crippen LogP contribution in [-0.2, 0) is 22.4 Å². The fourth-order valence-electron chi connectivity index (χ4n) is 4.45. The quantitative estimate of drug-likeness (QED) is 0.415. The highest BCUT2D eigenvalue weighted by Gasteiger charge is 2.45. The molecule has 5 heteroatoms. The molecule has 0 aliphatic carbocycles. The third-order valence-electron chi connectivity index (χ3n) is 6.17. The number of Topliss-reactive ketones (excluding diaryl/α,β-unsaturated/α-hetero) is 1. The molecule has 1 N–H and O–H groups in total. The number of unbranched alkanes of at least 4 members (excludes halogenated alkanes) is 1. The number of likely N-dealkylation sites (tertiary alicyclic amines) is 1. The summed E-state index contributed by atoms with van der Waals surface area (Å²) >= 11 is 0. The van der Waals surface area contributed by atoms with Crippen LogP contribution in [0.1, 0.15) is 61.9 Å². The van der Waals surface area contributed by atoms with Crippen LogP contribution in [-0.4, -0.2) is 34.3 Å². The Morgan fingerprint density at radius 3 is 2.55 bits per heavy atom. The first-order valence-electron chi connectivity index (χ1n) is 11.1. The molecule has 1 saturated heterocycles. The van der Waals surface area contributed by atoms with E-state index in [4.69, 9.17) is 4.74 Å². The predicted octanol–water partition coefficient (Wildman–Crippen LogP) is 4.79. The smallest absolute Gasteiger partial charge is 0.295 e. The van der Waals surface area contributed by atoms with Crippen molar-refractivity contribution in [3.8, 4) is 5.75 Å². The minimum Gasteiger partial charge on any atom is -0.507 e. The van der Waals surface area contributed by atoms with Crippen molar-refractivity contribution in [3.05, 3.63) is 70.3 Å². The molecule has 0 bridgehead atoms. The van der Waals surface area contributed by atoms with Gasteiger partial charge in [0.1, 0.15) is 17.6 Å². The van der Waals surface area contributed by atoms with E-state index >= 15 is 0 Å². The summed E-state index contributed by atoms with van der Waals surface area (Å²) in [5.74, 6) is -0.482. The average Bonchev–Trinajstić information content (AvgIpc) is 3.27. The number of hydrogen-bond acceptors (Lipinski definition) is 4. The van der Waals surface area contributed by atoms with Gasteiger partial charge in [0, 0.05) is 18.5 Å². The van der Waals surface area contributed by atoms with Crippen molar-refractivity contribution in [2.24, 2.45) is 0 Å². The van der Waals surface area contributed by atoms with E-state index in [2.05, 4.69) is 13.8 Å². The fraction of sp³-hybridized carbons (Fsp3) is 0.385. The van der Waals surface area contributed by atoms with Crippen LogP contribution in [0.5, 0.6) is 5.75 Å². The molecule has 5 nitrogen and oxygen atoms in total. The van der Waals surface area contributed by atoms with Crippen LogP contribution in [0.3, 0.4) is 0 Å². The second-order valence-corrected chi connectivity index (χ2v) is 8.40. The lowest BCUT2D eigenvalue weighted by Gasteiger charge is -2.25. The number of rotatable bonds is 6. The van der Waals surface area contributed by atoms with Gasteiger partial charge in [0.2, 0.25) is 0 Å². The molecule has 2 aromatic rings. The Balaban J connectivity index is 1.81. The van der Waals surface area contributed by atoms with E-state index in [1.54, 1.807) is 11.0 Å². The number of aliphatic hydroxyl groups excluding tert-OH is 1. The lowest BCUT2D eigenvalue weighted by atomic mass is 9.93. The van der Waals surface area contributed by atoms with E-state index in [1.807, 2.05) is 43.3 Å². The molecular weight excluding hydrogens is 390 g/mol. The van der Waals surface area contributed by atoms with Gasteiger partial charge in [-0.05, 0) is 54.7 Å². The zero-order valence-corrected chi connectivity index (χ0v) is 18.4. The number of ketones is 1. The topological polar surface area (TPSA) is 66.8 Å². The molecule has 2 aliphatic heterocycles. The first kappa shape index (κ1) is 21.2. The van der Waals surface area contributed by atoms with Crippen molar-refractivity contribution < 1.29 is 19.4 Å². The van der Waals surface area contributed by atoms with E-state index in [0.717, 1.165) is 42.6 Å². The molecule has 31 heavy (non-hydrogen) atoms. The maximum Gasteiger partial charge on any atom is 0.295 e. The highest BCUT2D eigenvalue weighted by Crippen LogP contribution is 2.40. The molecule has 2 aliphatic rings. The number of ether oxygens (including phenoxy) is 1. The minimum atomic E-state index is -0.622. The first-order chi connectivity index (χ1) is 14.9. The van der Waals surface area contributed by atoms with Gasteiger partial charge in [0.15, 0.2) is 0 Å². The second-order valence-electron chi connectivity index (χ2n) is 8.40. The summed E-state index contributed by atoms with van der Waals surface area (Å²) in [6.07, 6.45) is 3.46. The molecule has 0 spiro atoms. The Labute approximate surface area is 183 Å². The maximum absolute atomic E-state index is 13.1. The van der Waals surface area contributed by atoms with E-state index in [0.29, 0.717) is 12.1 Å². The third kappa shape index (κ3) is 3.85. The summed E-state index contributed by atoms with van der Waals surface area (Å²) in [7, 11) is 0. The Morgan fingerprint density at radius 2 is 1.87 bits per heavy atom. The number of nitrogens with zero attached hydrogens (tertiary/aromatic N) is 1. The molecule has 0 saturated carbocycles. The third-order valence-corrected chi connectivity index (χ3v) is 6.17. The number of hydrogen-bond donors (Lipinski definition) is 1. The van der Waals surface area contributed by atoms with Crippen LogP contribution in [0.4, 0.5) is 0 Å². The molecule has 2 unspecified atom stereocenters. The van der Waals surface area contributed by atoms with Gasteiger partial charge in [-0.2, -0.15) is 0 Å². The first-order valence-corrected chi connectivity index (χ1v) is 11.1. The van der Waals surface area contributed by atoms with Crippen molar-refractivity contribution in [3.63, 3.8) is 0 Å². The molecule has 1 amide bonds. The average molecular weight is 420 g/mol. The molecule has 4 rings (SSSR count). The van der Waals surface area contributed by atoms with Crippen molar-refractivity contribution in [2.45, 2.75) is 58.6 Å². The molecule has 2 aromatic carbocycles. The van der Waals surface area contributed by atoms with Crippen molar-refractivity contribution in [2.75, 3.05) is 6.54 Å². The number of aryl methyl sites for hydroxylation is 1. The normalized spacial score (nSPS) is 22.0. The van der Waals surface area contributed by atoms with E-state index in [-0.39, 0.29) is 17.4 Å². The van der Waals surface area contributed by atoms with Gasteiger partial charge < -0.3 is 14.7 Å². The fourth-order valence-corrected chi connectivity index (χ4v) is 4.45. The van der Waals surface area contributed by atoms with Crippen molar-refractivity contribution >= 4 is 17.4 Å². The summed E-state index contributed by atoms with van der Waals surface area (Å²) in [5.41, 5.74) is 3.73. The van der Waals surface area contributed by atoms with Gasteiger partial charge >= 0.3 is 0 Å². The number of fused-ring (bicyclic) bond motifs is 1. The van der Waals surface area contributed by atoms with Crippen LogP contribution in [0.25, 0.3) is 5.76 Å². The van der Waals surface area contributed by atoms with Crippen LogP contribution in [0, 0.1) is 0 Å². The standard InChI is InChI=1S/C26H29NO4/c1-4-6-13-27-23(18-9-7-17(5-2)8-10-18)22(25(29)26(27)30)24(28)19-11-12-21-20(15-19)14-16(3)31-21/h7-12,15-16,23,28H,4-6,13-14H2,1-3H3/b24-22-. The van der Waals surface area contributed by atoms with Crippen molar-refractivity contribution in [1.29, 1.82) is 0 Å². The summed E-state index contributed by atoms with van der Waals surface area (Å²) < 4.78 is 5.75. The van der Waals surface area contributed by atoms with Gasteiger partial charge in [-0.1, -0.05) is 44.5 Å². The van der Waals surface area contributed by atoms with E-state index < -0.39 is 17.7 Å². The van der Waals surface area contributed by atoms with Gasteiger partial charge in [-0.3, -0.25) is 9.59 Å². The Morgan fingerprint density at radius 1 is 1.13 bits per heavy atom. The van der Waals surface area contributed by atoms with E-state index in [1.165, 1.54) is 5.56 Å². The summed E-state index contributed by atoms with van der Waals surface area (Å²) in [6, 6.07) is 12.8. The number of aliphatic hydroxyl groups is 1. The highest BCUT2D eigenvalue weighted by molar-refractivity contribution is 6.46. The molecule has 2 heterocycles. The van der Waals surface area contributed by atoms with Gasteiger partial charge in [0.25, 0.3) is 11.7 Å². The Bertz CT molecular complexity index is 1040. The van der Waals surface area contributed by atoms with Gasteiger partial charge in [0.05, 0.1) is 11.6 Å². The maximum atomic E-state index is 13.1. The molecular formula is C26H29NO4. The largest absolute Gasteiger partial charge is 0.507 e. The summed E-state index contributed by atoms with van der Waals surface area (Å²) in [5, 5.41) is 11.2. The second kappa shape index (κ2) is 8.58. The molecule has 162 valence electrons. The highest BCUT2D eigenvalue weighted by atomic mass is 16.5. The van der Waals surface area contributed by atoms with Crippen LogP contribution < -0.4 is 4.74 Å². The lowest BCUT2D eigenvalue weighted by Crippen LogP contribution is -2.30. The zero-order valence-electron chi connectivity index (χ0n) is 18.4. The molecule has 0 radical (unpaired) electrons. The molecule has 2 atom stereocenters. The molecule has 1 fully saturated rings. The monoisotopic (exact) mass is 419 g/mol. The van der Waals surface area contributed by atoms with Gasteiger partial charge in [-0.15, -0.1) is 0 Å².